The Morgan fingerprint density at radius 3 is 2.89 bits per heavy atom. The molecule has 2 atom stereocenters. The molecule has 0 saturated carbocycles. The van der Waals surface area contributed by atoms with Crippen LogP contribution in [-0.2, 0) is 11.3 Å². The molecule has 3 aromatic rings. The second-order valence-electron chi connectivity index (χ2n) is 7.05. The number of amides is 1. The van der Waals surface area contributed by atoms with E-state index in [0.29, 0.717) is 31.5 Å². The fourth-order valence-corrected chi connectivity index (χ4v) is 4.49. The van der Waals surface area contributed by atoms with E-state index in [2.05, 4.69) is 20.0 Å². The van der Waals surface area contributed by atoms with Crippen LogP contribution >= 0.6 is 11.3 Å². The molecule has 2 bridgehead atoms. The molecule has 1 amide bonds. The van der Waals surface area contributed by atoms with Crippen molar-refractivity contribution in [1.29, 1.82) is 0 Å². The summed E-state index contributed by atoms with van der Waals surface area (Å²) in [6.45, 7) is 1.92. The number of thiazole rings is 1. The van der Waals surface area contributed by atoms with Gasteiger partial charge in [0, 0.05) is 30.1 Å². The third-order valence-corrected chi connectivity index (χ3v) is 5.96. The van der Waals surface area contributed by atoms with E-state index in [1.165, 1.54) is 0 Å². The van der Waals surface area contributed by atoms with Gasteiger partial charge in [-0.2, -0.15) is 4.98 Å². The first-order valence-electron chi connectivity index (χ1n) is 9.09. The molecule has 6 rings (SSSR count). The average Bonchev–Trinajstić information content (AvgIpc) is 3.32. The van der Waals surface area contributed by atoms with Crippen LogP contribution < -0.4 is 4.90 Å². The molecule has 2 aromatic heterocycles. The fourth-order valence-electron chi connectivity index (χ4n) is 3.94. The molecule has 7 nitrogen and oxygen atoms in total. The zero-order chi connectivity index (χ0) is 18.2. The summed E-state index contributed by atoms with van der Waals surface area (Å²) in [7, 11) is 0. The molecule has 3 saturated heterocycles. The van der Waals surface area contributed by atoms with Gasteiger partial charge in [0.1, 0.15) is 0 Å². The highest BCUT2D eigenvalue weighted by Crippen LogP contribution is 2.32. The highest BCUT2D eigenvalue weighted by molar-refractivity contribution is 7.07. The van der Waals surface area contributed by atoms with Crippen molar-refractivity contribution in [2.24, 2.45) is 5.92 Å². The van der Waals surface area contributed by atoms with Gasteiger partial charge in [-0.25, -0.2) is 4.98 Å². The van der Waals surface area contributed by atoms with Gasteiger partial charge in [0.25, 0.3) is 0 Å². The highest BCUT2D eigenvalue weighted by Gasteiger charge is 2.42. The molecule has 0 N–H and O–H groups in total. The molecular formula is C19H19N5O2S. The van der Waals surface area contributed by atoms with Crippen LogP contribution in [0, 0.1) is 5.92 Å². The van der Waals surface area contributed by atoms with E-state index in [-0.39, 0.29) is 17.9 Å². The smallest absolute Gasteiger partial charge is 0.324 e. The lowest BCUT2D eigenvalue weighted by Gasteiger charge is -2.35. The summed E-state index contributed by atoms with van der Waals surface area (Å²) in [5.74, 6) is 0.756. The van der Waals surface area contributed by atoms with Gasteiger partial charge in [0.05, 0.1) is 23.7 Å². The molecule has 138 valence electrons. The van der Waals surface area contributed by atoms with Crippen molar-refractivity contribution in [3.05, 3.63) is 46.9 Å². The first-order valence-corrected chi connectivity index (χ1v) is 10.0. The predicted molar refractivity (Wildman–Crippen MR) is 101 cm³/mol. The number of carbonyl (C=O) groups is 1. The minimum atomic E-state index is -0.0329. The van der Waals surface area contributed by atoms with Gasteiger partial charge < -0.3 is 14.3 Å². The molecule has 27 heavy (non-hydrogen) atoms. The second-order valence-corrected chi connectivity index (χ2v) is 7.76. The molecule has 8 heteroatoms. The Morgan fingerprint density at radius 1 is 1.19 bits per heavy atom. The van der Waals surface area contributed by atoms with Crippen LogP contribution in [0.15, 0.2) is 45.7 Å². The highest BCUT2D eigenvalue weighted by atomic mass is 32.1. The van der Waals surface area contributed by atoms with Crippen molar-refractivity contribution in [1.82, 2.24) is 20.0 Å². The number of rotatable bonds is 4. The van der Waals surface area contributed by atoms with Gasteiger partial charge in [0.2, 0.25) is 11.7 Å². The lowest BCUT2D eigenvalue weighted by Crippen LogP contribution is -2.47. The quantitative estimate of drug-likeness (QED) is 0.692. The summed E-state index contributed by atoms with van der Waals surface area (Å²) in [4.78, 5) is 25.9. The normalized spacial score (nSPS) is 22.3. The fraction of sp³-hybridized carbons (Fsp3) is 0.368. The Bertz CT molecular complexity index is 927. The Balaban J connectivity index is 1.38. The van der Waals surface area contributed by atoms with Crippen molar-refractivity contribution < 1.29 is 9.32 Å². The lowest BCUT2D eigenvalue weighted by atomic mass is 9.94. The van der Waals surface area contributed by atoms with Crippen molar-refractivity contribution in [2.45, 2.75) is 25.4 Å². The monoisotopic (exact) mass is 381 g/mol. The molecule has 0 unspecified atom stereocenters. The molecule has 1 aromatic carbocycles. The maximum atomic E-state index is 12.9. The first kappa shape index (κ1) is 16.4. The van der Waals surface area contributed by atoms with Crippen molar-refractivity contribution in [2.75, 3.05) is 18.0 Å². The summed E-state index contributed by atoms with van der Waals surface area (Å²) in [5.41, 5.74) is 3.69. The van der Waals surface area contributed by atoms with Crippen LogP contribution in [0.1, 0.15) is 18.5 Å². The number of hydrogen-bond acceptors (Lipinski definition) is 7. The molecular weight excluding hydrogens is 362 g/mol. The summed E-state index contributed by atoms with van der Waals surface area (Å²) in [5, 5.41) is 6.13. The summed E-state index contributed by atoms with van der Waals surface area (Å²) < 4.78 is 5.54. The summed E-state index contributed by atoms with van der Waals surface area (Å²) in [6.07, 6.45) is 1.91. The van der Waals surface area contributed by atoms with Crippen LogP contribution in [0.2, 0.25) is 0 Å². The average molecular weight is 381 g/mol. The first-order chi connectivity index (χ1) is 13.3. The number of aromatic nitrogens is 3. The van der Waals surface area contributed by atoms with Gasteiger partial charge in [-0.15, -0.1) is 11.3 Å². The molecule has 3 fully saturated rings. The Labute approximate surface area is 160 Å². The molecule has 3 aliphatic heterocycles. The van der Waals surface area contributed by atoms with Gasteiger partial charge >= 0.3 is 6.01 Å². The van der Waals surface area contributed by atoms with E-state index in [4.69, 9.17) is 4.52 Å². The standard InChI is InChI=1S/C19H19N5O2S/c25-18-14-6-7-16(24(18)9-15-11-27-12-20-15)10-23(8-14)19-21-17(22-26-19)13-4-2-1-3-5-13/h1-5,11-12,14,16H,6-10H2/t14-,16+/m0/s1. The van der Waals surface area contributed by atoms with Gasteiger partial charge in [-0.3, -0.25) is 4.79 Å². The number of anilines is 1. The largest absolute Gasteiger partial charge is 0.332 e. The van der Waals surface area contributed by atoms with Crippen molar-refractivity contribution in [3.63, 3.8) is 0 Å². The van der Waals surface area contributed by atoms with Crippen LogP contribution in [0.3, 0.4) is 0 Å². The third-order valence-electron chi connectivity index (χ3n) is 5.33. The number of hydrogen-bond donors (Lipinski definition) is 0. The van der Waals surface area contributed by atoms with Crippen LogP contribution in [0.25, 0.3) is 11.4 Å². The van der Waals surface area contributed by atoms with E-state index in [0.717, 1.165) is 24.1 Å². The zero-order valence-corrected chi connectivity index (χ0v) is 15.5. The maximum absolute atomic E-state index is 12.9. The van der Waals surface area contributed by atoms with Gasteiger partial charge in [-0.05, 0) is 12.8 Å². The van der Waals surface area contributed by atoms with E-state index in [1.807, 2.05) is 46.1 Å². The molecule has 0 spiro atoms. The summed E-state index contributed by atoms with van der Waals surface area (Å²) >= 11 is 1.56. The number of carbonyl (C=O) groups excluding carboxylic acids is 1. The van der Waals surface area contributed by atoms with Crippen molar-refractivity contribution in [3.8, 4) is 11.4 Å². The molecule has 5 heterocycles. The SMILES string of the molecule is O=C1[C@H]2CC[C@H](CN(c3nc(-c4ccccc4)no3)C2)N1Cc1cscn1. The minimum absolute atomic E-state index is 0.0329. The van der Waals surface area contributed by atoms with E-state index in [1.54, 1.807) is 11.3 Å². The summed E-state index contributed by atoms with van der Waals surface area (Å²) in [6, 6.07) is 10.4. The lowest BCUT2D eigenvalue weighted by molar-refractivity contribution is -0.140. The number of benzene rings is 1. The zero-order valence-electron chi connectivity index (χ0n) is 14.7. The maximum Gasteiger partial charge on any atom is 0.324 e. The molecule has 0 radical (unpaired) electrons. The Kier molecular flexibility index (Phi) is 4.12. The number of piperidine rings is 1. The Hall–Kier alpha value is -2.74. The van der Waals surface area contributed by atoms with E-state index >= 15 is 0 Å². The van der Waals surface area contributed by atoms with Crippen LogP contribution in [0.5, 0.6) is 0 Å². The van der Waals surface area contributed by atoms with Gasteiger partial charge in [0.15, 0.2) is 0 Å². The van der Waals surface area contributed by atoms with Crippen LogP contribution in [-0.4, -0.2) is 45.1 Å². The minimum Gasteiger partial charge on any atom is -0.332 e. The molecule has 3 aliphatic rings. The third kappa shape index (κ3) is 3.10. The number of nitrogens with zero attached hydrogens (tertiary/aromatic N) is 5. The van der Waals surface area contributed by atoms with E-state index < -0.39 is 0 Å². The van der Waals surface area contributed by atoms with E-state index in [9.17, 15) is 4.79 Å². The topological polar surface area (TPSA) is 75.4 Å². The molecule has 0 aliphatic carbocycles. The Morgan fingerprint density at radius 2 is 2.07 bits per heavy atom. The number of fused-ring (bicyclic) bond motifs is 4. The van der Waals surface area contributed by atoms with Gasteiger partial charge in [-0.1, -0.05) is 35.5 Å². The predicted octanol–water partition coefficient (Wildman–Crippen LogP) is 2.82. The van der Waals surface area contributed by atoms with Crippen LogP contribution in [0.4, 0.5) is 6.01 Å². The van der Waals surface area contributed by atoms with Crippen molar-refractivity contribution >= 4 is 23.3 Å². The second kappa shape index (κ2) is 6.77.